The minimum atomic E-state index is -1.13. The fraction of sp³-hybridized carbons (Fsp3) is 0.667. The van der Waals surface area contributed by atoms with Gasteiger partial charge in [0.25, 0.3) is 5.56 Å². The summed E-state index contributed by atoms with van der Waals surface area (Å²) in [5.74, 6) is -1.53. The number of aromatic amines is 1. The summed E-state index contributed by atoms with van der Waals surface area (Å²) in [5.41, 5.74) is -1.95. The van der Waals surface area contributed by atoms with Crippen molar-refractivity contribution in [2.24, 2.45) is 0 Å². The quantitative estimate of drug-likeness (QED) is 0.549. The number of nitrogens with one attached hydrogen (secondary N) is 1. The van der Waals surface area contributed by atoms with E-state index in [0.717, 1.165) is 23.6 Å². The highest BCUT2D eigenvalue weighted by atomic mass is 19.1. The number of aromatic nitrogens is 2. The van der Waals surface area contributed by atoms with Crippen molar-refractivity contribution in [3.8, 4) is 0 Å². The molecule has 0 aromatic carbocycles. The van der Waals surface area contributed by atoms with Gasteiger partial charge in [-0.3, -0.25) is 19.1 Å². The third-order valence-electron chi connectivity index (χ3n) is 3.86. The second kappa shape index (κ2) is 8.20. The summed E-state index contributed by atoms with van der Waals surface area (Å²) >= 11 is 0. The van der Waals surface area contributed by atoms with Crippen molar-refractivity contribution in [1.29, 1.82) is 0 Å². The molecule has 1 aliphatic rings. The molecule has 0 spiro atoms. The lowest BCUT2D eigenvalue weighted by Gasteiger charge is -2.16. The molecular weight excluding hydrogens is 323 g/mol. The van der Waals surface area contributed by atoms with E-state index in [2.05, 4.69) is 0 Å². The van der Waals surface area contributed by atoms with Crippen LogP contribution in [0, 0.1) is 5.82 Å². The van der Waals surface area contributed by atoms with Crippen molar-refractivity contribution in [1.82, 2.24) is 9.55 Å². The van der Waals surface area contributed by atoms with Gasteiger partial charge in [0.2, 0.25) is 5.82 Å². The third-order valence-corrected chi connectivity index (χ3v) is 3.86. The minimum Gasteiger partial charge on any atom is -0.459 e. The van der Waals surface area contributed by atoms with Crippen LogP contribution >= 0.6 is 0 Å². The largest absolute Gasteiger partial charge is 0.459 e. The Bertz CT molecular complexity index is 685. The van der Waals surface area contributed by atoms with E-state index in [1.165, 1.54) is 0 Å². The molecule has 0 bridgehead atoms. The molecule has 8 nitrogen and oxygen atoms in total. The average molecular weight is 344 g/mol. The highest BCUT2D eigenvalue weighted by Gasteiger charge is 2.39. The molecule has 9 heteroatoms. The number of halogens is 1. The molecule has 2 rings (SSSR count). The molecule has 1 fully saturated rings. The van der Waals surface area contributed by atoms with E-state index in [4.69, 9.17) is 9.47 Å². The Morgan fingerprint density at radius 2 is 2.25 bits per heavy atom. The lowest BCUT2D eigenvalue weighted by atomic mass is 10.1. The molecule has 0 amide bonds. The van der Waals surface area contributed by atoms with Crippen molar-refractivity contribution < 1.29 is 23.8 Å². The number of rotatable bonds is 7. The fourth-order valence-electron chi connectivity index (χ4n) is 2.58. The highest BCUT2D eigenvalue weighted by Crippen LogP contribution is 2.30. The number of hydrogen-bond donors (Lipinski definition) is 2. The first-order chi connectivity index (χ1) is 11.5. The van der Waals surface area contributed by atoms with E-state index in [-0.39, 0.29) is 12.8 Å². The molecule has 2 N–H and O–H groups in total. The first kappa shape index (κ1) is 18.3. The van der Waals surface area contributed by atoms with Gasteiger partial charge in [0.1, 0.15) is 18.4 Å². The summed E-state index contributed by atoms with van der Waals surface area (Å²) in [5, 5.41) is 9.36. The Hall–Kier alpha value is -2.00. The van der Waals surface area contributed by atoms with Crippen LogP contribution in [0.4, 0.5) is 4.39 Å². The lowest BCUT2D eigenvalue weighted by Crippen LogP contribution is -2.34. The summed E-state index contributed by atoms with van der Waals surface area (Å²) in [4.78, 5) is 36.5. The molecule has 1 aliphatic heterocycles. The third kappa shape index (κ3) is 4.30. The van der Waals surface area contributed by atoms with E-state index in [9.17, 15) is 23.9 Å². The Labute approximate surface area is 137 Å². The number of nitrogens with zero attached hydrogens (tertiary/aromatic N) is 1. The molecular formula is C15H21FN2O6. The van der Waals surface area contributed by atoms with Gasteiger partial charge >= 0.3 is 11.7 Å². The standard InChI is InChI=1S/C15H21FN2O6/c1-2-3-4-5-13(20)24-10-6-12(23-11(10)8-19)18-7-9(16)14(21)17-15(18)22/h7,10-12,19H,2-6,8H2,1H3,(H,17,21,22)/t10-,11+,12+/m0/s1. The van der Waals surface area contributed by atoms with Crippen molar-refractivity contribution >= 4 is 5.97 Å². The predicted molar refractivity (Wildman–Crippen MR) is 80.9 cm³/mol. The molecule has 134 valence electrons. The number of esters is 1. The fourth-order valence-corrected chi connectivity index (χ4v) is 2.58. The summed E-state index contributed by atoms with van der Waals surface area (Å²) < 4.78 is 25.0. The summed E-state index contributed by atoms with van der Waals surface area (Å²) in [7, 11) is 0. The van der Waals surface area contributed by atoms with E-state index >= 15 is 0 Å². The molecule has 1 aromatic rings. The van der Waals surface area contributed by atoms with Gasteiger partial charge in [0, 0.05) is 12.8 Å². The molecule has 24 heavy (non-hydrogen) atoms. The number of aliphatic hydroxyl groups excluding tert-OH is 1. The first-order valence-corrected chi connectivity index (χ1v) is 7.93. The number of ether oxygens (including phenoxy) is 2. The summed E-state index contributed by atoms with van der Waals surface area (Å²) in [6, 6.07) is 0. The topological polar surface area (TPSA) is 111 Å². The van der Waals surface area contributed by atoms with E-state index < -0.39 is 48.1 Å². The van der Waals surface area contributed by atoms with Crippen LogP contribution in [0.2, 0.25) is 0 Å². The highest BCUT2D eigenvalue weighted by molar-refractivity contribution is 5.69. The summed E-state index contributed by atoms with van der Waals surface area (Å²) in [6.07, 6.45) is 1.19. The zero-order chi connectivity index (χ0) is 17.7. The second-order valence-electron chi connectivity index (χ2n) is 5.68. The number of carbonyl (C=O) groups is 1. The molecule has 1 aromatic heterocycles. The smallest absolute Gasteiger partial charge is 0.330 e. The van der Waals surface area contributed by atoms with Gasteiger partial charge in [-0.1, -0.05) is 19.8 Å². The SMILES string of the molecule is CCCCCC(=O)O[C@H]1C[C@H](n2cc(F)c(=O)[nH]c2=O)O[C@@H]1CO. The van der Waals surface area contributed by atoms with Crippen LogP contribution in [0.25, 0.3) is 0 Å². The number of H-pyrrole nitrogens is 1. The number of aliphatic hydroxyl groups is 1. The van der Waals surface area contributed by atoms with Gasteiger partial charge in [-0.15, -0.1) is 0 Å². The number of hydrogen-bond acceptors (Lipinski definition) is 6. The van der Waals surface area contributed by atoms with Crippen LogP contribution in [0.15, 0.2) is 15.8 Å². The second-order valence-corrected chi connectivity index (χ2v) is 5.68. The maximum Gasteiger partial charge on any atom is 0.330 e. The van der Waals surface area contributed by atoms with Crippen LogP contribution in [0.1, 0.15) is 45.3 Å². The van der Waals surface area contributed by atoms with Crippen LogP contribution in [-0.4, -0.2) is 39.4 Å². The monoisotopic (exact) mass is 344 g/mol. The van der Waals surface area contributed by atoms with E-state index in [0.29, 0.717) is 6.42 Å². The van der Waals surface area contributed by atoms with Gasteiger partial charge in [-0.25, -0.2) is 4.79 Å². The molecule has 0 unspecified atom stereocenters. The Balaban J connectivity index is 2.06. The molecule has 1 saturated heterocycles. The van der Waals surface area contributed by atoms with Gasteiger partial charge in [0.05, 0.1) is 12.8 Å². The normalized spacial score (nSPS) is 23.4. The minimum absolute atomic E-state index is 0.0795. The van der Waals surface area contributed by atoms with Gasteiger partial charge in [-0.05, 0) is 6.42 Å². The van der Waals surface area contributed by atoms with Crippen molar-refractivity contribution in [2.45, 2.75) is 57.5 Å². The van der Waals surface area contributed by atoms with Crippen LogP contribution in [0.5, 0.6) is 0 Å². The average Bonchev–Trinajstić information content (AvgIpc) is 2.93. The molecule has 0 aliphatic carbocycles. The maximum absolute atomic E-state index is 13.4. The van der Waals surface area contributed by atoms with Gasteiger partial charge < -0.3 is 14.6 Å². The summed E-state index contributed by atoms with van der Waals surface area (Å²) in [6.45, 7) is 1.60. The zero-order valence-electron chi connectivity index (χ0n) is 13.4. The maximum atomic E-state index is 13.4. The number of unbranched alkanes of at least 4 members (excludes halogenated alkanes) is 2. The van der Waals surface area contributed by atoms with Crippen molar-refractivity contribution in [3.05, 3.63) is 32.9 Å². The van der Waals surface area contributed by atoms with Crippen LogP contribution < -0.4 is 11.2 Å². The van der Waals surface area contributed by atoms with E-state index in [1.54, 1.807) is 0 Å². The molecule has 3 atom stereocenters. The molecule has 0 radical (unpaired) electrons. The van der Waals surface area contributed by atoms with Crippen LogP contribution in [0.3, 0.4) is 0 Å². The first-order valence-electron chi connectivity index (χ1n) is 7.93. The van der Waals surface area contributed by atoms with Gasteiger partial charge in [0.15, 0.2) is 0 Å². The number of carbonyl (C=O) groups excluding carboxylic acids is 1. The zero-order valence-corrected chi connectivity index (χ0v) is 13.4. The molecule has 2 heterocycles. The Kier molecular flexibility index (Phi) is 6.27. The van der Waals surface area contributed by atoms with Gasteiger partial charge in [-0.2, -0.15) is 4.39 Å². The van der Waals surface area contributed by atoms with Crippen LogP contribution in [-0.2, 0) is 14.3 Å². The lowest BCUT2D eigenvalue weighted by molar-refractivity contribution is -0.153. The predicted octanol–water partition coefficient (Wildman–Crippen LogP) is 0.448. The Morgan fingerprint density at radius 3 is 2.92 bits per heavy atom. The molecule has 0 saturated carbocycles. The van der Waals surface area contributed by atoms with Crippen molar-refractivity contribution in [3.63, 3.8) is 0 Å². The van der Waals surface area contributed by atoms with E-state index in [1.807, 2.05) is 11.9 Å². The van der Waals surface area contributed by atoms with Crippen molar-refractivity contribution in [2.75, 3.05) is 6.61 Å². The Morgan fingerprint density at radius 1 is 1.50 bits per heavy atom.